The van der Waals surface area contributed by atoms with E-state index < -0.39 is 0 Å². The van der Waals surface area contributed by atoms with Gasteiger partial charge >= 0.3 is 0 Å². The van der Waals surface area contributed by atoms with Gasteiger partial charge in [0.2, 0.25) is 0 Å². The minimum atomic E-state index is 0.203. The Kier molecular flexibility index (Phi) is 4.38. The Bertz CT molecular complexity index is 302. The molecule has 0 aliphatic carbocycles. The molecule has 2 nitrogen and oxygen atoms in total. The molecule has 1 aromatic rings. The molecule has 0 saturated carbocycles. The van der Waals surface area contributed by atoms with Crippen molar-refractivity contribution in [3.8, 4) is 0 Å². The predicted octanol–water partition coefficient (Wildman–Crippen LogP) is 3.74. The second-order valence-electron chi connectivity index (χ2n) is 4.86. The van der Waals surface area contributed by atoms with Crippen LogP contribution in [0.2, 0.25) is 0 Å². The Morgan fingerprint density at radius 3 is 2.73 bits per heavy atom. The fourth-order valence-corrected chi connectivity index (χ4v) is 2.69. The van der Waals surface area contributed by atoms with Gasteiger partial charge in [-0.1, -0.05) is 43.6 Å². The third-order valence-corrected chi connectivity index (χ3v) is 2.98. The molecule has 0 bridgehead atoms. The van der Waals surface area contributed by atoms with Gasteiger partial charge in [0.15, 0.2) is 0 Å². The second-order valence-corrected chi connectivity index (χ2v) is 6.42. The molecular formula is C12H21BrN2. The van der Waals surface area contributed by atoms with Crippen molar-refractivity contribution >= 4 is 15.9 Å². The Morgan fingerprint density at radius 1 is 1.53 bits per heavy atom. The van der Waals surface area contributed by atoms with Crippen molar-refractivity contribution in [2.75, 3.05) is 0 Å². The minimum absolute atomic E-state index is 0.203. The Balaban J connectivity index is 2.75. The predicted molar refractivity (Wildman–Crippen MR) is 68.6 cm³/mol. The van der Waals surface area contributed by atoms with Crippen LogP contribution in [0.1, 0.15) is 46.1 Å². The van der Waals surface area contributed by atoms with Crippen LogP contribution in [-0.4, -0.2) is 14.6 Å². The summed E-state index contributed by atoms with van der Waals surface area (Å²) < 4.78 is 2.04. The molecule has 0 radical (unpaired) electrons. The number of hydrogen-bond donors (Lipinski definition) is 0. The number of nitrogens with zero attached hydrogens (tertiary/aromatic N) is 2. The zero-order valence-electron chi connectivity index (χ0n) is 10.1. The SMILES string of the molecule is CCCn1cc(C(C)(C)CC(C)Br)cn1. The molecule has 0 aromatic carbocycles. The smallest absolute Gasteiger partial charge is 0.0527 e. The molecule has 0 amide bonds. The Labute approximate surface area is 101 Å². The molecule has 86 valence electrons. The standard InChI is InChI=1S/C12H21BrN2/c1-5-6-15-9-11(8-14-15)12(3,4)7-10(2)13/h8-10H,5-7H2,1-4H3. The molecule has 0 N–H and O–H groups in total. The van der Waals surface area contributed by atoms with Crippen LogP contribution in [0.15, 0.2) is 12.4 Å². The maximum atomic E-state index is 4.38. The lowest BCUT2D eigenvalue weighted by Crippen LogP contribution is -2.20. The van der Waals surface area contributed by atoms with Gasteiger partial charge in [-0.2, -0.15) is 5.10 Å². The fraction of sp³-hybridized carbons (Fsp3) is 0.750. The summed E-state index contributed by atoms with van der Waals surface area (Å²) in [4.78, 5) is 0.544. The molecular weight excluding hydrogens is 252 g/mol. The van der Waals surface area contributed by atoms with Crippen LogP contribution < -0.4 is 0 Å². The van der Waals surface area contributed by atoms with Crippen LogP contribution in [0.25, 0.3) is 0 Å². The lowest BCUT2D eigenvalue weighted by atomic mass is 9.82. The molecule has 15 heavy (non-hydrogen) atoms. The molecule has 0 spiro atoms. The number of hydrogen-bond acceptors (Lipinski definition) is 1. The highest BCUT2D eigenvalue weighted by molar-refractivity contribution is 9.09. The normalized spacial score (nSPS) is 14.2. The molecule has 1 heterocycles. The van der Waals surface area contributed by atoms with Gasteiger partial charge in [0.1, 0.15) is 0 Å². The van der Waals surface area contributed by atoms with Gasteiger partial charge in [-0.3, -0.25) is 4.68 Å². The summed E-state index contributed by atoms with van der Waals surface area (Å²) in [6.45, 7) is 9.93. The molecule has 0 aliphatic heterocycles. The number of aryl methyl sites for hydroxylation is 1. The quantitative estimate of drug-likeness (QED) is 0.747. The minimum Gasteiger partial charge on any atom is -0.272 e. The first-order valence-corrected chi connectivity index (χ1v) is 6.54. The first kappa shape index (κ1) is 12.8. The van der Waals surface area contributed by atoms with Crippen LogP contribution >= 0.6 is 15.9 Å². The van der Waals surface area contributed by atoms with Gasteiger partial charge < -0.3 is 0 Å². The maximum absolute atomic E-state index is 4.38. The molecule has 1 aromatic heterocycles. The Morgan fingerprint density at radius 2 is 2.20 bits per heavy atom. The average molecular weight is 273 g/mol. The van der Waals surface area contributed by atoms with E-state index in [1.165, 1.54) is 5.56 Å². The van der Waals surface area contributed by atoms with E-state index in [1.807, 2.05) is 10.9 Å². The molecule has 0 fully saturated rings. The first-order chi connectivity index (χ1) is 6.95. The highest BCUT2D eigenvalue weighted by atomic mass is 79.9. The highest BCUT2D eigenvalue weighted by Crippen LogP contribution is 2.30. The van der Waals surface area contributed by atoms with Crippen molar-refractivity contribution in [3.05, 3.63) is 18.0 Å². The first-order valence-electron chi connectivity index (χ1n) is 5.62. The van der Waals surface area contributed by atoms with Gasteiger partial charge in [0, 0.05) is 17.6 Å². The van der Waals surface area contributed by atoms with E-state index in [-0.39, 0.29) is 5.41 Å². The zero-order valence-corrected chi connectivity index (χ0v) is 11.7. The van der Waals surface area contributed by atoms with Gasteiger partial charge in [0.25, 0.3) is 0 Å². The summed E-state index contributed by atoms with van der Waals surface area (Å²) in [7, 11) is 0. The largest absolute Gasteiger partial charge is 0.272 e. The fourth-order valence-electron chi connectivity index (χ4n) is 1.89. The van der Waals surface area contributed by atoms with E-state index in [0.29, 0.717) is 4.83 Å². The van der Waals surface area contributed by atoms with E-state index >= 15 is 0 Å². The topological polar surface area (TPSA) is 17.8 Å². The molecule has 1 rings (SSSR count). The summed E-state index contributed by atoms with van der Waals surface area (Å²) in [5.74, 6) is 0. The summed E-state index contributed by atoms with van der Waals surface area (Å²) in [5, 5.41) is 4.38. The molecule has 1 unspecified atom stereocenters. The van der Waals surface area contributed by atoms with Crippen molar-refractivity contribution < 1.29 is 0 Å². The van der Waals surface area contributed by atoms with E-state index in [1.54, 1.807) is 0 Å². The van der Waals surface area contributed by atoms with Crippen LogP contribution in [0, 0.1) is 0 Å². The molecule has 3 heteroatoms. The van der Waals surface area contributed by atoms with Crippen molar-refractivity contribution in [2.45, 2.75) is 57.3 Å². The van der Waals surface area contributed by atoms with Crippen molar-refractivity contribution in [3.63, 3.8) is 0 Å². The maximum Gasteiger partial charge on any atom is 0.0527 e. The average Bonchev–Trinajstić information content (AvgIpc) is 2.51. The lowest BCUT2D eigenvalue weighted by molar-refractivity contribution is 0.481. The van der Waals surface area contributed by atoms with Gasteiger partial charge in [-0.25, -0.2) is 0 Å². The summed E-state index contributed by atoms with van der Waals surface area (Å²) >= 11 is 3.62. The van der Waals surface area contributed by atoms with E-state index in [0.717, 1.165) is 19.4 Å². The van der Waals surface area contributed by atoms with Gasteiger partial charge in [-0.15, -0.1) is 0 Å². The Hall–Kier alpha value is -0.310. The van der Waals surface area contributed by atoms with Crippen LogP contribution in [0.4, 0.5) is 0 Å². The summed E-state index contributed by atoms with van der Waals surface area (Å²) in [6, 6.07) is 0. The molecule has 0 saturated heterocycles. The highest BCUT2D eigenvalue weighted by Gasteiger charge is 2.23. The number of alkyl halides is 1. The van der Waals surface area contributed by atoms with Crippen molar-refractivity contribution in [1.29, 1.82) is 0 Å². The molecule has 0 aliphatic rings. The van der Waals surface area contributed by atoms with Gasteiger partial charge in [-0.05, 0) is 23.8 Å². The number of halogens is 1. The van der Waals surface area contributed by atoms with Crippen molar-refractivity contribution in [2.24, 2.45) is 0 Å². The van der Waals surface area contributed by atoms with Crippen molar-refractivity contribution in [1.82, 2.24) is 9.78 Å². The number of rotatable bonds is 5. The molecule has 1 atom stereocenters. The van der Waals surface area contributed by atoms with E-state index in [9.17, 15) is 0 Å². The van der Waals surface area contributed by atoms with Crippen LogP contribution in [-0.2, 0) is 12.0 Å². The van der Waals surface area contributed by atoms with Crippen LogP contribution in [0.5, 0.6) is 0 Å². The second kappa shape index (κ2) is 5.15. The van der Waals surface area contributed by atoms with E-state index in [2.05, 4.69) is 54.9 Å². The zero-order chi connectivity index (χ0) is 11.5. The van der Waals surface area contributed by atoms with E-state index in [4.69, 9.17) is 0 Å². The summed E-state index contributed by atoms with van der Waals surface area (Å²) in [5.41, 5.74) is 1.54. The number of aromatic nitrogens is 2. The van der Waals surface area contributed by atoms with Gasteiger partial charge in [0.05, 0.1) is 6.20 Å². The summed E-state index contributed by atoms with van der Waals surface area (Å²) in [6.07, 6.45) is 6.45. The lowest BCUT2D eigenvalue weighted by Gasteiger charge is -2.24. The third kappa shape index (κ3) is 3.63. The third-order valence-electron chi connectivity index (χ3n) is 2.66. The van der Waals surface area contributed by atoms with Crippen LogP contribution in [0.3, 0.4) is 0 Å². The monoisotopic (exact) mass is 272 g/mol.